The molecule has 0 aliphatic heterocycles. The van der Waals surface area contributed by atoms with Crippen LogP contribution in [0.2, 0.25) is 0 Å². The first kappa shape index (κ1) is 25.3. The summed E-state index contributed by atoms with van der Waals surface area (Å²) in [7, 11) is 0. The average molecular weight is 438 g/mol. The van der Waals surface area contributed by atoms with Gasteiger partial charge in [-0.15, -0.1) is 0 Å². The van der Waals surface area contributed by atoms with Crippen molar-refractivity contribution in [2.24, 2.45) is 0 Å². The second kappa shape index (κ2) is 9.68. The molecule has 4 aromatic rings. The van der Waals surface area contributed by atoms with E-state index in [2.05, 4.69) is 0 Å². The summed E-state index contributed by atoms with van der Waals surface area (Å²) in [5, 5.41) is 22.4. The first-order valence-electron chi connectivity index (χ1n) is 8.74. The van der Waals surface area contributed by atoms with Gasteiger partial charge in [-0.3, -0.25) is 9.59 Å². The maximum absolute atomic E-state index is 13.0. The Balaban J connectivity index is 0.00000171. The number of fused-ring (bicyclic) bond motifs is 3. The van der Waals surface area contributed by atoms with Crippen LogP contribution in [0.25, 0.3) is 32.9 Å². The fourth-order valence-corrected chi connectivity index (χ4v) is 3.38. The quantitative estimate of drug-likeness (QED) is 0.227. The van der Waals surface area contributed by atoms with Gasteiger partial charge in [-0.25, -0.2) is 0 Å². The van der Waals surface area contributed by atoms with Crippen LogP contribution in [-0.4, -0.2) is 11.9 Å². The summed E-state index contributed by atoms with van der Waals surface area (Å²) in [6, 6.07) is 5.80. The number of carboxylic acids is 2. The van der Waals surface area contributed by atoms with Crippen LogP contribution in [0.5, 0.6) is 0 Å². The predicted molar refractivity (Wildman–Crippen MR) is 98.7 cm³/mol. The maximum atomic E-state index is 13.0. The van der Waals surface area contributed by atoms with Crippen molar-refractivity contribution in [2.45, 2.75) is 19.8 Å². The molecule has 146 valence electrons. The van der Waals surface area contributed by atoms with E-state index in [0.717, 1.165) is 12.1 Å². The smallest absolute Gasteiger partial charge is 0.545 e. The van der Waals surface area contributed by atoms with Gasteiger partial charge in [0.2, 0.25) is 5.43 Å². The van der Waals surface area contributed by atoms with E-state index in [4.69, 9.17) is 8.83 Å². The van der Waals surface area contributed by atoms with Crippen LogP contribution < -0.4 is 80.2 Å². The molecule has 0 amide bonds. The van der Waals surface area contributed by atoms with Gasteiger partial charge < -0.3 is 28.6 Å². The maximum Gasteiger partial charge on any atom is 1.00 e. The summed E-state index contributed by atoms with van der Waals surface area (Å²) in [4.78, 5) is 47.8. The Kier molecular flexibility index (Phi) is 7.91. The third kappa shape index (κ3) is 4.37. The van der Waals surface area contributed by atoms with E-state index < -0.39 is 28.6 Å². The number of benzene rings is 2. The molecular weight excluding hydrogens is 426 g/mol. The molecule has 0 N–H and O–H groups in total. The largest absolute Gasteiger partial charge is 1.00 e. The summed E-state index contributed by atoms with van der Waals surface area (Å²) in [6.45, 7) is 1.86. The van der Waals surface area contributed by atoms with Gasteiger partial charge in [0.25, 0.3) is 0 Å². The van der Waals surface area contributed by atoms with Gasteiger partial charge in [0.1, 0.15) is 22.7 Å². The molecule has 4 rings (SSSR count). The molecule has 0 saturated heterocycles. The van der Waals surface area contributed by atoms with E-state index >= 15 is 0 Å². The number of hydrogen-bond acceptors (Lipinski definition) is 8. The minimum Gasteiger partial charge on any atom is -0.545 e. The monoisotopic (exact) mass is 438 g/mol. The topological polar surface area (TPSA) is 141 Å². The van der Waals surface area contributed by atoms with Crippen molar-refractivity contribution in [2.75, 3.05) is 0 Å². The summed E-state index contributed by atoms with van der Waals surface area (Å²) < 4.78 is 11.2. The van der Waals surface area contributed by atoms with Gasteiger partial charge >= 0.3 is 59.1 Å². The molecule has 8 nitrogen and oxygen atoms in total. The van der Waals surface area contributed by atoms with Gasteiger partial charge in [0.15, 0.2) is 11.2 Å². The van der Waals surface area contributed by atoms with E-state index in [1.165, 1.54) is 18.2 Å². The van der Waals surface area contributed by atoms with Gasteiger partial charge in [-0.05, 0) is 36.2 Å². The van der Waals surface area contributed by atoms with Crippen LogP contribution in [0.15, 0.2) is 48.8 Å². The Morgan fingerprint density at radius 3 is 2.16 bits per heavy atom. The molecule has 0 aliphatic carbocycles. The first-order valence-corrected chi connectivity index (χ1v) is 8.74. The van der Waals surface area contributed by atoms with Gasteiger partial charge in [0.05, 0.1) is 22.1 Å². The second-order valence-corrected chi connectivity index (χ2v) is 6.55. The molecule has 2 aromatic carbocycles. The van der Waals surface area contributed by atoms with Gasteiger partial charge in [0, 0.05) is 11.6 Å². The Hall–Kier alpha value is -1.94. The minimum absolute atomic E-state index is 0. The number of hydrogen-bond donors (Lipinski definition) is 0. The van der Waals surface area contributed by atoms with E-state index in [1.807, 2.05) is 6.92 Å². The molecule has 0 radical (unpaired) electrons. The molecule has 31 heavy (non-hydrogen) atoms. The van der Waals surface area contributed by atoms with Gasteiger partial charge in [-0.1, -0.05) is 13.3 Å². The van der Waals surface area contributed by atoms with Crippen molar-refractivity contribution in [3.8, 4) is 0 Å². The average Bonchev–Trinajstić information content (AvgIpc) is 2.68. The van der Waals surface area contributed by atoms with Crippen molar-refractivity contribution in [1.29, 1.82) is 0 Å². The Labute approximate surface area is 218 Å². The predicted octanol–water partition coefficient (Wildman–Crippen LogP) is -5.26. The van der Waals surface area contributed by atoms with Crippen molar-refractivity contribution in [3.05, 3.63) is 67.7 Å². The zero-order valence-corrected chi connectivity index (χ0v) is 21.1. The molecule has 0 spiro atoms. The number of aromatic carboxylic acids is 2. The number of carboxylic acid groups (broad SMARTS) is 2. The summed E-state index contributed by atoms with van der Waals surface area (Å²) >= 11 is 0. The van der Waals surface area contributed by atoms with Crippen LogP contribution in [-0.2, 0) is 6.42 Å². The van der Waals surface area contributed by atoms with E-state index in [1.54, 1.807) is 0 Å². The molecule has 2 heterocycles. The third-order valence-corrected chi connectivity index (χ3v) is 4.68. The molecule has 0 unspecified atom stereocenters. The molecule has 0 saturated carbocycles. The van der Waals surface area contributed by atoms with Gasteiger partial charge in [-0.2, -0.15) is 0 Å². The molecule has 0 fully saturated rings. The van der Waals surface area contributed by atoms with Crippen LogP contribution in [0.1, 0.15) is 39.8 Å². The SMILES string of the molecule is CCCc1c2oc(C(=O)[O-])cc(=O)c2cc2c(=O)c3cc(C(=O)[O-])ccc3oc12.[Na+].[Na+]. The van der Waals surface area contributed by atoms with E-state index in [9.17, 15) is 29.4 Å². The molecular formula is C21H12Na2O8. The molecule has 0 atom stereocenters. The normalized spacial score (nSPS) is 10.6. The first-order chi connectivity index (χ1) is 13.8. The third-order valence-electron chi connectivity index (χ3n) is 4.68. The molecule has 0 bridgehead atoms. The molecule has 10 heteroatoms. The van der Waals surface area contributed by atoms with Crippen molar-refractivity contribution in [1.82, 2.24) is 0 Å². The molecule has 0 aliphatic rings. The minimum atomic E-state index is -1.64. The van der Waals surface area contributed by atoms with Crippen LogP contribution >= 0.6 is 0 Å². The fourth-order valence-electron chi connectivity index (χ4n) is 3.38. The Morgan fingerprint density at radius 2 is 1.55 bits per heavy atom. The zero-order valence-electron chi connectivity index (χ0n) is 17.1. The number of rotatable bonds is 4. The Morgan fingerprint density at radius 1 is 0.871 bits per heavy atom. The summed E-state index contributed by atoms with van der Waals surface area (Å²) in [5.74, 6) is -3.70. The van der Waals surface area contributed by atoms with E-state index in [-0.39, 0.29) is 97.6 Å². The standard InChI is InChI=1S/C21H14O8.2Na/c1-2-3-10-18-11(14(22)8-16(29-18)21(26)27)7-13-17(23)12-6-9(20(24)25)4-5-15(12)28-19(10)13;;/h4-8H,2-3H2,1H3,(H,24,25)(H,26,27);;/q;2*+1/p-2. The summed E-state index contributed by atoms with van der Waals surface area (Å²) in [5.41, 5.74) is -0.668. The van der Waals surface area contributed by atoms with Crippen LogP contribution in [0.3, 0.4) is 0 Å². The zero-order chi connectivity index (χ0) is 20.9. The van der Waals surface area contributed by atoms with Crippen molar-refractivity contribution in [3.63, 3.8) is 0 Å². The fraction of sp³-hybridized carbons (Fsp3) is 0.143. The number of aryl methyl sites for hydroxylation is 1. The van der Waals surface area contributed by atoms with Crippen molar-refractivity contribution < 1.29 is 87.8 Å². The summed E-state index contributed by atoms with van der Waals surface area (Å²) in [6.07, 6.45) is 0.942. The number of carbonyl (C=O) groups excluding carboxylic acids is 2. The number of carbonyl (C=O) groups is 2. The Bertz CT molecular complexity index is 1470. The van der Waals surface area contributed by atoms with Crippen LogP contribution in [0, 0.1) is 0 Å². The van der Waals surface area contributed by atoms with Crippen molar-refractivity contribution >= 4 is 44.8 Å². The molecule has 2 aromatic heterocycles. The van der Waals surface area contributed by atoms with Crippen LogP contribution in [0.4, 0.5) is 0 Å². The second-order valence-electron chi connectivity index (χ2n) is 6.55. The van der Waals surface area contributed by atoms with E-state index in [0.29, 0.717) is 18.4 Å².